The fourth-order valence-corrected chi connectivity index (χ4v) is 2.52. The van der Waals surface area contributed by atoms with Gasteiger partial charge in [-0.3, -0.25) is 0 Å². The average Bonchev–Trinajstić information content (AvgIpc) is 2.11. The molecule has 14 heavy (non-hydrogen) atoms. The van der Waals surface area contributed by atoms with Crippen LogP contribution in [0.5, 0.6) is 0 Å². The van der Waals surface area contributed by atoms with Gasteiger partial charge in [-0.2, -0.15) is 11.8 Å². The fourth-order valence-electron chi connectivity index (χ4n) is 2.03. The lowest BCUT2D eigenvalue weighted by molar-refractivity contribution is 0.266. The smallest absolute Gasteiger partial charge is 0.00413 e. The minimum Gasteiger partial charge on any atom is -0.314 e. The third-order valence-corrected chi connectivity index (χ3v) is 3.88. The van der Waals surface area contributed by atoms with E-state index in [-0.39, 0.29) is 0 Å². The van der Waals surface area contributed by atoms with Gasteiger partial charge in [-0.25, -0.2) is 0 Å². The monoisotopic (exact) mass is 215 g/mol. The second kappa shape index (κ2) is 7.58. The number of nitrogens with one attached hydrogen (secondary N) is 1. The molecule has 0 aromatic rings. The highest BCUT2D eigenvalue weighted by molar-refractivity contribution is 7.98. The first-order valence-corrected chi connectivity index (χ1v) is 7.44. The van der Waals surface area contributed by atoms with E-state index in [0.717, 1.165) is 12.0 Å². The maximum absolute atomic E-state index is 3.63. The SMILES string of the molecule is CSCCCCNC(C)CC1CCC1. The molecular weight excluding hydrogens is 190 g/mol. The Balaban J connectivity index is 1.84. The predicted octanol–water partition coefficient (Wildman–Crippen LogP) is 3.30. The van der Waals surface area contributed by atoms with Crippen molar-refractivity contribution >= 4 is 11.8 Å². The van der Waals surface area contributed by atoms with Crippen molar-refractivity contribution in [3.05, 3.63) is 0 Å². The Morgan fingerprint density at radius 2 is 2.14 bits per heavy atom. The number of thioether (sulfide) groups is 1. The summed E-state index contributed by atoms with van der Waals surface area (Å²) in [6.07, 6.45) is 10.7. The molecule has 1 fully saturated rings. The zero-order valence-corrected chi connectivity index (χ0v) is 10.5. The first kappa shape index (κ1) is 12.4. The van der Waals surface area contributed by atoms with E-state index in [0.29, 0.717) is 0 Å². The van der Waals surface area contributed by atoms with Crippen molar-refractivity contribution in [3.8, 4) is 0 Å². The second-order valence-corrected chi connectivity index (χ2v) is 5.57. The van der Waals surface area contributed by atoms with Gasteiger partial charge in [0, 0.05) is 6.04 Å². The molecule has 0 saturated heterocycles. The van der Waals surface area contributed by atoms with Gasteiger partial charge < -0.3 is 5.32 Å². The Morgan fingerprint density at radius 1 is 1.36 bits per heavy atom. The molecule has 1 aliphatic rings. The van der Waals surface area contributed by atoms with Crippen molar-refractivity contribution in [2.75, 3.05) is 18.6 Å². The lowest BCUT2D eigenvalue weighted by Gasteiger charge is -2.28. The lowest BCUT2D eigenvalue weighted by Crippen LogP contribution is -2.31. The molecule has 0 aromatic heterocycles. The first-order chi connectivity index (χ1) is 6.83. The van der Waals surface area contributed by atoms with Gasteiger partial charge in [0.15, 0.2) is 0 Å². The maximum Gasteiger partial charge on any atom is 0.00413 e. The molecule has 1 aliphatic carbocycles. The van der Waals surface area contributed by atoms with Crippen molar-refractivity contribution in [3.63, 3.8) is 0 Å². The standard InChI is InChI=1S/C12H25NS/c1-11(10-12-6-5-7-12)13-8-3-4-9-14-2/h11-13H,3-10H2,1-2H3. The zero-order chi connectivity index (χ0) is 10.2. The molecular formula is C12H25NS. The topological polar surface area (TPSA) is 12.0 Å². The van der Waals surface area contributed by atoms with Crippen LogP contribution in [0.2, 0.25) is 0 Å². The van der Waals surface area contributed by atoms with Gasteiger partial charge in [-0.1, -0.05) is 19.3 Å². The fraction of sp³-hybridized carbons (Fsp3) is 1.00. The number of rotatable bonds is 8. The molecule has 1 unspecified atom stereocenters. The first-order valence-electron chi connectivity index (χ1n) is 6.05. The van der Waals surface area contributed by atoms with Crippen LogP contribution in [0.1, 0.15) is 45.4 Å². The third kappa shape index (κ3) is 5.26. The number of hydrogen-bond acceptors (Lipinski definition) is 2. The van der Waals surface area contributed by atoms with Crippen LogP contribution in [0.25, 0.3) is 0 Å². The van der Waals surface area contributed by atoms with Gasteiger partial charge in [-0.15, -0.1) is 0 Å². The molecule has 84 valence electrons. The van der Waals surface area contributed by atoms with Crippen LogP contribution in [-0.2, 0) is 0 Å². The van der Waals surface area contributed by atoms with E-state index in [4.69, 9.17) is 0 Å². The zero-order valence-electron chi connectivity index (χ0n) is 9.72. The summed E-state index contributed by atoms with van der Waals surface area (Å²) in [6.45, 7) is 3.56. The highest BCUT2D eigenvalue weighted by atomic mass is 32.2. The van der Waals surface area contributed by atoms with Gasteiger partial charge >= 0.3 is 0 Å². The Bertz CT molecular complexity index is 134. The van der Waals surface area contributed by atoms with Crippen molar-refractivity contribution < 1.29 is 0 Å². The summed E-state index contributed by atoms with van der Waals surface area (Å²) in [4.78, 5) is 0. The molecule has 2 heteroatoms. The summed E-state index contributed by atoms with van der Waals surface area (Å²) in [5.74, 6) is 2.36. The van der Waals surface area contributed by atoms with Crippen LogP contribution in [0.3, 0.4) is 0 Å². The summed E-state index contributed by atoms with van der Waals surface area (Å²) in [5.41, 5.74) is 0. The van der Waals surface area contributed by atoms with Crippen molar-refractivity contribution in [1.29, 1.82) is 0 Å². The summed E-state index contributed by atoms with van der Waals surface area (Å²) in [6, 6.07) is 0.745. The summed E-state index contributed by atoms with van der Waals surface area (Å²) < 4.78 is 0. The lowest BCUT2D eigenvalue weighted by atomic mass is 9.81. The molecule has 0 aromatic carbocycles. The van der Waals surface area contributed by atoms with E-state index in [2.05, 4.69) is 18.5 Å². The summed E-state index contributed by atoms with van der Waals surface area (Å²) >= 11 is 1.96. The van der Waals surface area contributed by atoms with E-state index in [9.17, 15) is 0 Å². The van der Waals surface area contributed by atoms with Gasteiger partial charge in [-0.05, 0) is 50.7 Å². The van der Waals surface area contributed by atoms with Crippen molar-refractivity contribution in [1.82, 2.24) is 5.32 Å². The van der Waals surface area contributed by atoms with Crippen LogP contribution in [0, 0.1) is 5.92 Å². The minimum atomic E-state index is 0.745. The molecule has 1 nitrogen and oxygen atoms in total. The van der Waals surface area contributed by atoms with E-state index < -0.39 is 0 Å². The average molecular weight is 215 g/mol. The molecule has 1 N–H and O–H groups in total. The van der Waals surface area contributed by atoms with Crippen LogP contribution < -0.4 is 5.32 Å². The van der Waals surface area contributed by atoms with Crippen molar-refractivity contribution in [2.24, 2.45) is 5.92 Å². The molecule has 0 heterocycles. The molecule has 0 aliphatic heterocycles. The Morgan fingerprint density at radius 3 is 2.71 bits per heavy atom. The second-order valence-electron chi connectivity index (χ2n) is 4.59. The highest BCUT2D eigenvalue weighted by Gasteiger charge is 2.19. The normalized spacial score (nSPS) is 19.3. The van der Waals surface area contributed by atoms with Crippen LogP contribution >= 0.6 is 11.8 Å². The van der Waals surface area contributed by atoms with Crippen LogP contribution in [0.15, 0.2) is 0 Å². The Hall–Kier alpha value is 0.310. The van der Waals surface area contributed by atoms with E-state index in [1.165, 1.54) is 50.8 Å². The largest absolute Gasteiger partial charge is 0.314 e. The van der Waals surface area contributed by atoms with Gasteiger partial charge in [0.2, 0.25) is 0 Å². The van der Waals surface area contributed by atoms with Crippen molar-refractivity contribution in [2.45, 2.75) is 51.5 Å². The predicted molar refractivity (Wildman–Crippen MR) is 67.0 cm³/mol. The summed E-state index contributed by atoms with van der Waals surface area (Å²) in [7, 11) is 0. The van der Waals surface area contributed by atoms with Gasteiger partial charge in [0.05, 0.1) is 0 Å². The molecule has 1 saturated carbocycles. The Kier molecular flexibility index (Phi) is 6.70. The molecule has 0 spiro atoms. The molecule has 0 bridgehead atoms. The quantitative estimate of drug-likeness (QED) is 0.624. The van der Waals surface area contributed by atoms with Crippen LogP contribution in [-0.4, -0.2) is 24.6 Å². The molecule has 1 rings (SSSR count). The third-order valence-electron chi connectivity index (χ3n) is 3.18. The van der Waals surface area contributed by atoms with Crippen LogP contribution in [0.4, 0.5) is 0 Å². The van der Waals surface area contributed by atoms with Gasteiger partial charge in [0.25, 0.3) is 0 Å². The number of hydrogen-bond donors (Lipinski definition) is 1. The van der Waals surface area contributed by atoms with E-state index in [1.54, 1.807) is 0 Å². The maximum atomic E-state index is 3.63. The van der Waals surface area contributed by atoms with Gasteiger partial charge in [0.1, 0.15) is 0 Å². The highest BCUT2D eigenvalue weighted by Crippen LogP contribution is 2.30. The molecule has 0 radical (unpaired) electrons. The minimum absolute atomic E-state index is 0.745. The van der Waals surface area contributed by atoms with E-state index in [1.807, 2.05) is 11.8 Å². The Labute approximate surface area is 93.4 Å². The molecule has 0 amide bonds. The number of unbranched alkanes of at least 4 members (excludes halogenated alkanes) is 1. The summed E-state index contributed by atoms with van der Waals surface area (Å²) in [5, 5.41) is 3.63. The van der Waals surface area contributed by atoms with E-state index >= 15 is 0 Å². The molecule has 1 atom stereocenters.